The molecular weight excluding hydrogens is 506 g/mol. The quantitative estimate of drug-likeness (QED) is 0.402. The van der Waals surface area contributed by atoms with Crippen molar-refractivity contribution in [2.75, 3.05) is 19.7 Å². The molecule has 4 rings (SSSR count). The smallest absolute Gasteiger partial charge is 0.248 e. The highest BCUT2D eigenvalue weighted by molar-refractivity contribution is 5.99. The summed E-state index contributed by atoms with van der Waals surface area (Å²) >= 11 is 0. The normalized spacial score (nSPS) is 29.6. The van der Waals surface area contributed by atoms with Crippen molar-refractivity contribution >= 4 is 17.7 Å². The van der Waals surface area contributed by atoms with E-state index < -0.39 is 35.1 Å². The summed E-state index contributed by atoms with van der Waals surface area (Å²) in [5, 5.41) is 10.4. The van der Waals surface area contributed by atoms with E-state index >= 15 is 0 Å². The number of fused-ring (bicyclic) bond motifs is 1. The average Bonchev–Trinajstić information content (AvgIpc) is 3.48. The van der Waals surface area contributed by atoms with Gasteiger partial charge in [-0.3, -0.25) is 14.4 Å². The standard InChI is InChI=1S/C32H45N3O5/c1-8-17-33(19-23-13-11-10-12-14-23)28(37)25-26-29(38)35(24(20-36)21(3)4)27(30(39)34(18-9-2)22(5)6)32(26)16-15-31(25,7)40-32/h8-14,21-22,24-27,36H,1-2,15-20H2,3-7H3/t24-,25+,26-,27?,31-,32?/m0/s1. The largest absolute Gasteiger partial charge is 0.394 e. The van der Waals surface area contributed by atoms with Crippen LogP contribution in [0.1, 0.15) is 53.0 Å². The van der Waals surface area contributed by atoms with E-state index in [9.17, 15) is 19.5 Å². The first-order chi connectivity index (χ1) is 19.0. The molecule has 3 saturated heterocycles. The topological polar surface area (TPSA) is 90.4 Å². The number of nitrogens with zero attached hydrogens (tertiary/aromatic N) is 3. The molecule has 0 aliphatic carbocycles. The molecular formula is C32H45N3O5. The van der Waals surface area contributed by atoms with Gasteiger partial charge in [0.1, 0.15) is 11.6 Å². The summed E-state index contributed by atoms with van der Waals surface area (Å²) < 4.78 is 6.81. The Morgan fingerprint density at radius 1 is 1.10 bits per heavy atom. The molecule has 0 aromatic heterocycles. The van der Waals surface area contributed by atoms with Gasteiger partial charge in [-0.15, -0.1) is 13.2 Å². The Balaban J connectivity index is 1.81. The van der Waals surface area contributed by atoms with Crippen molar-refractivity contribution in [2.24, 2.45) is 17.8 Å². The van der Waals surface area contributed by atoms with E-state index in [1.165, 1.54) is 0 Å². The van der Waals surface area contributed by atoms with Gasteiger partial charge in [-0.1, -0.05) is 56.3 Å². The summed E-state index contributed by atoms with van der Waals surface area (Å²) in [4.78, 5) is 48.3. The van der Waals surface area contributed by atoms with Crippen molar-refractivity contribution in [1.29, 1.82) is 0 Å². The molecule has 40 heavy (non-hydrogen) atoms. The number of carbonyl (C=O) groups excluding carboxylic acids is 3. The van der Waals surface area contributed by atoms with Crippen LogP contribution in [0.25, 0.3) is 0 Å². The van der Waals surface area contributed by atoms with Crippen LogP contribution >= 0.6 is 0 Å². The Morgan fingerprint density at radius 3 is 2.30 bits per heavy atom. The first-order valence-corrected chi connectivity index (χ1v) is 14.5. The summed E-state index contributed by atoms with van der Waals surface area (Å²) in [6.45, 7) is 18.1. The first-order valence-electron chi connectivity index (χ1n) is 14.5. The number of likely N-dealkylation sites (tertiary alicyclic amines) is 1. The van der Waals surface area contributed by atoms with Gasteiger partial charge in [-0.2, -0.15) is 0 Å². The predicted molar refractivity (Wildman–Crippen MR) is 154 cm³/mol. The van der Waals surface area contributed by atoms with Crippen LogP contribution in [-0.2, 0) is 25.7 Å². The molecule has 2 bridgehead atoms. The molecule has 0 saturated carbocycles. The molecule has 8 nitrogen and oxygen atoms in total. The number of aliphatic hydroxyl groups excluding tert-OH is 1. The van der Waals surface area contributed by atoms with Gasteiger partial charge in [0.05, 0.1) is 30.1 Å². The number of rotatable bonds is 12. The van der Waals surface area contributed by atoms with E-state index in [-0.39, 0.29) is 36.3 Å². The fourth-order valence-electron chi connectivity index (χ4n) is 7.24. The number of amides is 3. The van der Waals surface area contributed by atoms with Crippen LogP contribution in [0.3, 0.4) is 0 Å². The fourth-order valence-corrected chi connectivity index (χ4v) is 7.24. The van der Waals surface area contributed by atoms with Crippen molar-refractivity contribution in [3.05, 3.63) is 61.2 Å². The first kappa shape index (κ1) is 30.0. The minimum Gasteiger partial charge on any atom is -0.394 e. The number of hydrogen-bond acceptors (Lipinski definition) is 5. The van der Waals surface area contributed by atoms with Crippen molar-refractivity contribution in [2.45, 2.75) is 83.3 Å². The molecule has 3 fully saturated rings. The van der Waals surface area contributed by atoms with Gasteiger partial charge in [-0.25, -0.2) is 0 Å². The van der Waals surface area contributed by atoms with Crippen LogP contribution in [0.4, 0.5) is 0 Å². The third-order valence-corrected chi connectivity index (χ3v) is 9.14. The summed E-state index contributed by atoms with van der Waals surface area (Å²) in [6.07, 6.45) is 4.43. The Labute approximate surface area is 238 Å². The van der Waals surface area contributed by atoms with Crippen LogP contribution in [0.5, 0.6) is 0 Å². The van der Waals surface area contributed by atoms with Crippen LogP contribution < -0.4 is 0 Å². The highest BCUT2D eigenvalue weighted by atomic mass is 16.5. The summed E-state index contributed by atoms with van der Waals surface area (Å²) in [5.41, 5.74) is -1.05. The number of carbonyl (C=O) groups is 3. The molecule has 1 spiro atoms. The van der Waals surface area contributed by atoms with E-state index in [0.29, 0.717) is 32.5 Å². The number of ether oxygens (including phenoxy) is 1. The van der Waals surface area contributed by atoms with E-state index in [2.05, 4.69) is 13.2 Å². The summed E-state index contributed by atoms with van der Waals surface area (Å²) in [6, 6.07) is 8.08. The van der Waals surface area contributed by atoms with E-state index in [1.807, 2.05) is 65.0 Å². The number of aliphatic hydroxyl groups is 1. The molecule has 6 atom stereocenters. The highest BCUT2D eigenvalue weighted by Gasteiger charge is 2.79. The molecule has 0 radical (unpaired) electrons. The second kappa shape index (κ2) is 11.5. The molecule has 1 aromatic rings. The van der Waals surface area contributed by atoms with E-state index in [0.717, 1.165) is 5.56 Å². The Morgan fingerprint density at radius 2 is 1.75 bits per heavy atom. The van der Waals surface area contributed by atoms with Crippen LogP contribution in [0.2, 0.25) is 0 Å². The van der Waals surface area contributed by atoms with E-state index in [4.69, 9.17) is 4.74 Å². The van der Waals surface area contributed by atoms with Crippen LogP contribution in [0, 0.1) is 17.8 Å². The van der Waals surface area contributed by atoms with E-state index in [1.54, 1.807) is 26.9 Å². The Hall–Kier alpha value is -2.97. The second-order valence-corrected chi connectivity index (χ2v) is 12.3. The van der Waals surface area contributed by atoms with Gasteiger partial charge in [0.2, 0.25) is 17.7 Å². The third kappa shape index (κ3) is 4.79. The van der Waals surface area contributed by atoms with Crippen LogP contribution in [-0.4, -0.2) is 86.6 Å². The lowest BCUT2D eigenvalue weighted by Crippen LogP contribution is -2.60. The van der Waals surface area contributed by atoms with Gasteiger partial charge in [0, 0.05) is 25.7 Å². The van der Waals surface area contributed by atoms with Crippen molar-refractivity contribution in [3.63, 3.8) is 0 Å². The molecule has 2 unspecified atom stereocenters. The monoisotopic (exact) mass is 551 g/mol. The molecule has 1 aromatic carbocycles. The van der Waals surface area contributed by atoms with Crippen molar-refractivity contribution in [1.82, 2.24) is 14.7 Å². The van der Waals surface area contributed by atoms with Gasteiger partial charge in [-0.05, 0) is 45.1 Å². The molecule has 218 valence electrons. The number of benzene rings is 1. The second-order valence-electron chi connectivity index (χ2n) is 12.3. The van der Waals surface area contributed by atoms with Crippen molar-refractivity contribution < 1.29 is 24.2 Å². The van der Waals surface area contributed by atoms with Crippen molar-refractivity contribution in [3.8, 4) is 0 Å². The van der Waals surface area contributed by atoms with Crippen LogP contribution in [0.15, 0.2) is 55.6 Å². The lowest BCUT2D eigenvalue weighted by molar-refractivity contribution is -0.158. The Kier molecular flexibility index (Phi) is 8.62. The lowest BCUT2D eigenvalue weighted by atomic mass is 9.66. The molecule has 1 N–H and O–H groups in total. The zero-order chi connectivity index (χ0) is 29.4. The minimum atomic E-state index is -1.15. The zero-order valence-corrected chi connectivity index (χ0v) is 24.6. The fraction of sp³-hybridized carbons (Fsp3) is 0.594. The zero-order valence-electron chi connectivity index (χ0n) is 24.6. The lowest BCUT2D eigenvalue weighted by Gasteiger charge is -2.41. The SMILES string of the molecule is C=CCN(Cc1ccccc1)C(=O)[C@H]1[C@H]2C(=O)N([C@@H](CO)C(C)C)C(C(=O)N(CC=C)C(C)C)C23CC[C@]1(C)O3. The molecule has 8 heteroatoms. The van der Waals surface area contributed by atoms with Gasteiger partial charge in [0.15, 0.2) is 0 Å². The van der Waals surface area contributed by atoms with Gasteiger partial charge >= 0.3 is 0 Å². The predicted octanol–water partition coefficient (Wildman–Crippen LogP) is 3.41. The third-order valence-electron chi connectivity index (χ3n) is 9.14. The maximum Gasteiger partial charge on any atom is 0.248 e. The summed E-state index contributed by atoms with van der Waals surface area (Å²) in [7, 11) is 0. The minimum absolute atomic E-state index is 0.108. The average molecular weight is 552 g/mol. The number of hydrogen-bond donors (Lipinski definition) is 1. The molecule has 3 aliphatic rings. The van der Waals surface area contributed by atoms with Gasteiger partial charge in [0.25, 0.3) is 0 Å². The van der Waals surface area contributed by atoms with Gasteiger partial charge < -0.3 is 24.5 Å². The maximum atomic E-state index is 14.5. The highest BCUT2D eigenvalue weighted by Crippen LogP contribution is 2.64. The molecule has 3 heterocycles. The Bertz CT molecular complexity index is 1140. The molecule has 3 aliphatic heterocycles. The maximum absolute atomic E-state index is 14.5. The molecule has 3 amide bonds. The summed E-state index contributed by atoms with van der Waals surface area (Å²) in [5.74, 6) is -2.36.